The molecule has 2 nitrogen and oxygen atoms in total. The first-order valence-corrected chi connectivity index (χ1v) is 8.46. The average Bonchev–Trinajstić information content (AvgIpc) is 2.90. The van der Waals surface area contributed by atoms with Crippen molar-refractivity contribution < 1.29 is 0 Å². The molecule has 1 unspecified atom stereocenters. The van der Waals surface area contributed by atoms with Crippen LogP contribution in [0.15, 0.2) is 40.2 Å². The number of rotatable bonds is 5. The summed E-state index contributed by atoms with van der Waals surface area (Å²) in [5, 5.41) is 2.13. The first kappa shape index (κ1) is 15.5. The zero-order chi connectivity index (χ0) is 14.7. The van der Waals surface area contributed by atoms with Crippen LogP contribution < -0.4 is 10.6 Å². The fourth-order valence-corrected chi connectivity index (χ4v) is 3.69. The van der Waals surface area contributed by atoms with E-state index in [0.717, 1.165) is 16.5 Å². The van der Waals surface area contributed by atoms with Crippen LogP contribution >= 0.6 is 27.3 Å². The normalized spacial score (nSPS) is 14.1. The summed E-state index contributed by atoms with van der Waals surface area (Å²) in [5.41, 5.74) is 8.29. The lowest BCUT2D eigenvalue weighted by Crippen LogP contribution is -2.30. The lowest BCUT2D eigenvalue weighted by atomic mass is 10.1. The highest BCUT2D eigenvalue weighted by Gasteiger charge is 2.14. The minimum Gasteiger partial charge on any atom is -0.371 e. The van der Waals surface area contributed by atoms with Crippen molar-refractivity contribution in [2.45, 2.75) is 32.4 Å². The molecule has 0 bridgehead atoms. The molecule has 0 saturated heterocycles. The Balaban J connectivity index is 2.14. The number of thiophene rings is 1. The summed E-state index contributed by atoms with van der Waals surface area (Å²) in [6, 6.07) is 11.2. The number of benzene rings is 1. The van der Waals surface area contributed by atoms with Gasteiger partial charge in [-0.2, -0.15) is 0 Å². The summed E-state index contributed by atoms with van der Waals surface area (Å²) in [6.07, 6.45) is 1.07. The van der Waals surface area contributed by atoms with Gasteiger partial charge in [-0.1, -0.05) is 12.1 Å². The lowest BCUT2D eigenvalue weighted by Gasteiger charge is -2.28. The van der Waals surface area contributed by atoms with Gasteiger partial charge in [0.1, 0.15) is 0 Å². The van der Waals surface area contributed by atoms with Crippen molar-refractivity contribution in [2.75, 3.05) is 11.9 Å². The third-order valence-corrected chi connectivity index (χ3v) is 5.15. The molecule has 4 heteroatoms. The number of nitrogens with two attached hydrogens (primary N) is 1. The maximum atomic E-state index is 5.93. The van der Waals surface area contributed by atoms with E-state index in [4.69, 9.17) is 5.73 Å². The fraction of sp³-hybridized carbons (Fsp3) is 0.375. The standard InChI is InChI=1S/C16H21BrN2S/c1-11(9-14-5-4-8-20-14)19(3)16-7-6-13(12(2)18)10-15(16)17/h4-8,10-12H,9,18H2,1-3H3/t11?,12-/m0/s1. The Morgan fingerprint density at radius 2 is 2.05 bits per heavy atom. The van der Waals surface area contributed by atoms with Gasteiger partial charge in [-0.15, -0.1) is 11.3 Å². The summed E-state index contributed by atoms with van der Waals surface area (Å²) < 4.78 is 1.10. The third-order valence-electron chi connectivity index (χ3n) is 3.62. The molecule has 0 radical (unpaired) electrons. The van der Waals surface area contributed by atoms with Crippen molar-refractivity contribution in [1.82, 2.24) is 0 Å². The smallest absolute Gasteiger partial charge is 0.0510 e. The van der Waals surface area contributed by atoms with Gasteiger partial charge in [0.2, 0.25) is 0 Å². The van der Waals surface area contributed by atoms with Crippen LogP contribution in [-0.2, 0) is 6.42 Å². The summed E-state index contributed by atoms with van der Waals surface area (Å²) in [4.78, 5) is 3.74. The van der Waals surface area contributed by atoms with Gasteiger partial charge in [-0.05, 0) is 58.9 Å². The predicted molar refractivity (Wildman–Crippen MR) is 92.6 cm³/mol. The Bertz CT molecular complexity index is 552. The number of hydrogen-bond acceptors (Lipinski definition) is 3. The molecule has 0 spiro atoms. The van der Waals surface area contributed by atoms with Crippen molar-refractivity contribution in [3.63, 3.8) is 0 Å². The van der Waals surface area contributed by atoms with Gasteiger partial charge >= 0.3 is 0 Å². The lowest BCUT2D eigenvalue weighted by molar-refractivity contribution is 0.687. The molecule has 2 aromatic rings. The van der Waals surface area contributed by atoms with Crippen molar-refractivity contribution >= 4 is 33.0 Å². The quantitative estimate of drug-likeness (QED) is 0.851. The molecule has 20 heavy (non-hydrogen) atoms. The van der Waals surface area contributed by atoms with Crippen molar-refractivity contribution in [1.29, 1.82) is 0 Å². The molecule has 2 rings (SSSR count). The predicted octanol–water partition coefficient (Wildman–Crippen LogP) is 4.60. The van der Waals surface area contributed by atoms with Crippen LogP contribution in [0.4, 0.5) is 5.69 Å². The van der Waals surface area contributed by atoms with Crippen LogP contribution in [0.25, 0.3) is 0 Å². The molecule has 0 aliphatic heterocycles. The maximum Gasteiger partial charge on any atom is 0.0510 e. The summed E-state index contributed by atoms with van der Waals surface area (Å²) in [6.45, 7) is 4.26. The Morgan fingerprint density at radius 3 is 2.60 bits per heavy atom. The van der Waals surface area contributed by atoms with Crippen LogP contribution in [-0.4, -0.2) is 13.1 Å². The number of likely N-dealkylation sites (N-methyl/N-ethyl adjacent to an activating group) is 1. The molecular formula is C16H21BrN2S. The van der Waals surface area contributed by atoms with Crippen LogP contribution in [0.5, 0.6) is 0 Å². The minimum atomic E-state index is 0.0641. The van der Waals surface area contributed by atoms with E-state index in [1.54, 1.807) is 0 Å². The highest BCUT2D eigenvalue weighted by molar-refractivity contribution is 9.10. The molecule has 0 aliphatic rings. The van der Waals surface area contributed by atoms with Gasteiger partial charge in [-0.25, -0.2) is 0 Å². The van der Waals surface area contributed by atoms with E-state index in [-0.39, 0.29) is 6.04 Å². The Labute approximate surface area is 133 Å². The Kier molecular flexibility index (Phi) is 5.24. The molecular weight excluding hydrogens is 332 g/mol. The van der Waals surface area contributed by atoms with E-state index in [0.29, 0.717) is 6.04 Å². The molecule has 2 N–H and O–H groups in total. The summed E-state index contributed by atoms with van der Waals surface area (Å²) in [5.74, 6) is 0. The number of halogens is 1. The van der Waals surface area contributed by atoms with Gasteiger partial charge in [0.25, 0.3) is 0 Å². The molecule has 1 heterocycles. The molecule has 0 aliphatic carbocycles. The van der Waals surface area contributed by atoms with E-state index in [2.05, 4.69) is 70.5 Å². The van der Waals surface area contributed by atoms with Gasteiger partial charge in [0, 0.05) is 34.9 Å². The number of nitrogens with zero attached hydrogens (tertiary/aromatic N) is 1. The largest absolute Gasteiger partial charge is 0.371 e. The van der Waals surface area contributed by atoms with E-state index in [1.807, 2.05) is 18.3 Å². The molecule has 0 saturated carbocycles. The van der Waals surface area contributed by atoms with E-state index in [9.17, 15) is 0 Å². The van der Waals surface area contributed by atoms with Crippen LogP contribution in [0.1, 0.15) is 30.3 Å². The molecule has 108 valence electrons. The minimum absolute atomic E-state index is 0.0641. The first-order chi connectivity index (χ1) is 9.49. The maximum absolute atomic E-state index is 5.93. The van der Waals surface area contributed by atoms with Gasteiger partial charge in [0.05, 0.1) is 5.69 Å². The summed E-state index contributed by atoms with van der Waals surface area (Å²) >= 11 is 5.49. The molecule has 1 aromatic carbocycles. The number of anilines is 1. The molecule has 2 atom stereocenters. The van der Waals surface area contributed by atoms with E-state index in [1.165, 1.54) is 10.6 Å². The second-order valence-electron chi connectivity index (χ2n) is 5.24. The van der Waals surface area contributed by atoms with Gasteiger partial charge in [-0.3, -0.25) is 0 Å². The van der Waals surface area contributed by atoms with Crippen molar-refractivity contribution in [2.24, 2.45) is 5.73 Å². The third kappa shape index (κ3) is 3.62. The SMILES string of the molecule is CC(Cc1cccs1)N(C)c1ccc([C@H](C)N)cc1Br. The molecule has 0 fully saturated rings. The summed E-state index contributed by atoms with van der Waals surface area (Å²) in [7, 11) is 2.14. The first-order valence-electron chi connectivity index (χ1n) is 6.79. The average molecular weight is 353 g/mol. The molecule has 1 aromatic heterocycles. The second kappa shape index (κ2) is 6.74. The fourth-order valence-electron chi connectivity index (χ4n) is 2.19. The Hall–Kier alpha value is -0.840. The zero-order valence-electron chi connectivity index (χ0n) is 12.1. The zero-order valence-corrected chi connectivity index (χ0v) is 14.5. The topological polar surface area (TPSA) is 29.3 Å². The van der Waals surface area contributed by atoms with Crippen LogP contribution in [0.3, 0.4) is 0 Å². The van der Waals surface area contributed by atoms with Crippen molar-refractivity contribution in [3.8, 4) is 0 Å². The van der Waals surface area contributed by atoms with E-state index < -0.39 is 0 Å². The van der Waals surface area contributed by atoms with Crippen LogP contribution in [0.2, 0.25) is 0 Å². The van der Waals surface area contributed by atoms with Gasteiger partial charge < -0.3 is 10.6 Å². The molecule has 0 amide bonds. The van der Waals surface area contributed by atoms with Crippen molar-refractivity contribution in [3.05, 3.63) is 50.6 Å². The second-order valence-corrected chi connectivity index (χ2v) is 7.13. The number of hydrogen-bond donors (Lipinski definition) is 1. The van der Waals surface area contributed by atoms with Gasteiger partial charge in [0.15, 0.2) is 0 Å². The Morgan fingerprint density at radius 1 is 1.30 bits per heavy atom. The highest BCUT2D eigenvalue weighted by atomic mass is 79.9. The highest BCUT2D eigenvalue weighted by Crippen LogP contribution is 2.30. The van der Waals surface area contributed by atoms with E-state index >= 15 is 0 Å². The van der Waals surface area contributed by atoms with Crippen LogP contribution in [0, 0.1) is 0 Å². The monoisotopic (exact) mass is 352 g/mol.